The number of para-hydroxylation sites is 1. The van der Waals surface area contributed by atoms with Gasteiger partial charge in [0.2, 0.25) is 0 Å². The highest BCUT2D eigenvalue weighted by molar-refractivity contribution is 7.07. The second-order valence-corrected chi connectivity index (χ2v) is 10.9. The molecule has 40 heavy (non-hydrogen) atoms. The summed E-state index contributed by atoms with van der Waals surface area (Å²) >= 11 is 7.50. The molecule has 1 aromatic heterocycles. The molecule has 2 heterocycles. The number of ether oxygens (including phenoxy) is 1. The number of carbonyl (C=O) groups excluding carboxylic acids is 1. The van der Waals surface area contributed by atoms with E-state index in [0.717, 1.165) is 16.7 Å². The van der Waals surface area contributed by atoms with Crippen molar-refractivity contribution >= 4 is 34.9 Å². The number of allylic oxidation sites excluding steroid dienone is 1. The number of nitrogens with zero attached hydrogens (tertiary/aromatic N) is 3. The lowest BCUT2D eigenvalue weighted by Gasteiger charge is -2.29. The zero-order valence-electron chi connectivity index (χ0n) is 22.6. The number of halogens is 1. The van der Waals surface area contributed by atoms with Crippen LogP contribution in [0.1, 0.15) is 43.5 Å². The third-order valence-corrected chi connectivity index (χ3v) is 8.17. The topological polar surface area (TPSA) is 63.9 Å². The molecule has 0 fully saturated rings. The van der Waals surface area contributed by atoms with Crippen LogP contribution < -0.4 is 19.6 Å². The summed E-state index contributed by atoms with van der Waals surface area (Å²) in [6, 6.07) is 24.3. The van der Waals surface area contributed by atoms with Crippen molar-refractivity contribution in [1.29, 1.82) is 0 Å². The van der Waals surface area contributed by atoms with E-state index in [1.54, 1.807) is 21.6 Å². The third-order valence-electron chi connectivity index (χ3n) is 6.93. The zero-order valence-corrected chi connectivity index (χ0v) is 24.2. The van der Waals surface area contributed by atoms with E-state index < -0.39 is 6.04 Å². The van der Waals surface area contributed by atoms with Crippen molar-refractivity contribution in [3.05, 3.63) is 132 Å². The van der Waals surface area contributed by atoms with E-state index in [0.29, 0.717) is 51.1 Å². The van der Waals surface area contributed by atoms with E-state index >= 15 is 0 Å². The van der Waals surface area contributed by atoms with Gasteiger partial charge in [0, 0.05) is 23.7 Å². The van der Waals surface area contributed by atoms with E-state index in [-0.39, 0.29) is 11.5 Å². The average molecular weight is 572 g/mol. The zero-order chi connectivity index (χ0) is 28.2. The number of thiazole rings is 1. The van der Waals surface area contributed by atoms with Crippen LogP contribution in [0.25, 0.3) is 6.08 Å². The summed E-state index contributed by atoms with van der Waals surface area (Å²) in [5.74, 6) is 0.556. The number of carbonyl (C=O) groups is 1. The van der Waals surface area contributed by atoms with Crippen LogP contribution >= 0.6 is 22.9 Å². The number of fused-ring (bicyclic) bond motifs is 1. The average Bonchev–Trinajstić information content (AvgIpc) is 3.27. The predicted molar refractivity (Wildman–Crippen MR) is 160 cm³/mol. The Labute approximate surface area is 242 Å². The largest absolute Gasteiger partial charge is 0.488 e. The SMILES string of the molecule is CCN(CC)C(=O)C1=C(C)N=c2s/c(=C/c3ccccc3OCc3ccccc3)c(=O)n2[C@@H]1c1ccc(Cl)cc1. The molecule has 5 rings (SSSR count). The first-order valence-corrected chi connectivity index (χ1v) is 14.4. The van der Waals surface area contributed by atoms with Gasteiger partial charge in [-0.25, -0.2) is 4.99 Å². The Morgan fingerprint density at radius 1 is 1.02 bits per heavy atom. The third kappa shape index (κ3) is 5.53. The van der Waals surface area contributed by atoms with E-state index in [9.17, 15) is 9.59 Å². The molecular formula is C32H30ClN3O3S. The summed E-state index contributed by atoms with van der Waals surface area (Å²) in [6.07, 6.45) is 1.84. The molecule has 204 valence electrons. The molecule has 0 spiro atoms. The number of hydrogen-bond acceptors (Lipinski definition) is 5. The van der Waals surface area contributed by atoms with Crippen molar-refractivity contribution in [2.24, 2.45) is 4.99 Å². The summed E-state index contributed by atoms with van der Waals surface area (Å²) in [5, 5.41) is 0.584. The summed E-state index contributed by atoms with van der Waals surface area (Å²) in [4.78, 5) is 34.8. The Balaban J connectivity index is 1.62. The number of hydrogen-bond donors (Lipinski definition) is 0. The Morgan fingerprint density at radius 3 is 2.40 bits per heavy atom. The first-order valence-electron chi connectivity index (χ1n) is 13.2. The van der Waals surface area contributed by atoms with Crippen molar-refractivity contribution in [3.8, 4) is 5.75 Å². The number of rotatable bonds is 8. The fourth-order valence-electron chi connectivity index (χ4n) is 4.84. The maximum absolute atomic E-state index is 14.0. The predicted octanol–water partition coefficient (Wildman–Crippen LogP) is 5.34. The Bertz CT molecular complexity index is 1740. The molecule has 0 aliphatic carbocycles. The van der Waals surface area contributed by atoms with Gasteiger partial charge in [-0.1, -0.05) is 83.6 Å². The fraction of sp³-hybridized carbons (Fsp3) is 0.219. The van der Waals surface area contributed by atoms with Crippen LogP contribution in [-0.2, 0) is 11.4 Å². The molecular weight excluding hydrogens is 542 g/mol. The highest BCUT2D eigenvalue weighted by Gasteiger charge is 2.34. The normalized spacial score (nSPS) is 15.0. The molecule has 0 saturated heterocycles. The summed E-state index contributed by atoms with van der Waals surface area (Å²) in [7, 11) is 0. The minimum absolute atomic E-state index is 0.125. The van der Waals surface area contributed by atoms with Gasteiger partial charge >= 0.3 is 0 Å². The lowest BCUT2D eigenvalue weighted by Crippen LogP contribution is -2.43. The fourth-order valence-corrected chi connectivity index (χ4v) is 6.01. The monoisotopic (exact) mass is 571 g/mol. The quantitative estimate of drug-likeness (QED) is 0.287. The van der Waals surface area contributed by atoms with Crippen molar-refractivity contribution in [2.45, 2.75) is 33.4 Å². The van der Waals surface area contributed by atoms with Crippen LogP contribution in [0, 0.1) is 0 Å². The van der Waals surface area contributed by atoms with Gasteiger partial charge in [-0.2, -0.15) is 0 Å². The minimum Gasteiger partial charge on any atom is -0.488 e. The highest BCUT2D eigenvalue weighted by atomic mass is 35.5. The van der Waals surface area contributed by atoms with Gasteiger partial charge in [-0.05, 0) is 56.2 Å². The van der Waals surface area contributed by atoms with Crippen molar-refractivity contribution in [1.82, 2.24) is 9.47 Å². The Morgan fingerprint density at radius 2 is 1.70 bits per heavy atom. The van der Waals surface area contributed by atoms with Gasteiger partial charge < -0.3 is 9.64 Å². The minimum atomic E-state index is -0.617. The molecule has 4 aromatic rings. The number of benzene rings is 3. The lowest BCUT2D eigenvalue weighted by molar-refractivity contribution is -0.127. The molecule has 1 aliphatic rings. The number of amides is 1. The van der Waals surface area contributed by atoms with Gasteiger partial charge in [-0.15, -0.1) is 0 Å². The molecule has 0 saturated carbocycles. The van der Waals surface area contributed by atoms with E-state index in [1.165, 1.54) is 11.3 Å². The van der Waals surface area contributed by atoms with Gasteiger partial charge in [0.1, 0.15) is 12.4 Å². The van der Waals surface area contributed by atoms with E-state index in [1.807, 2.05) is 93.6 Å². The van der Waals surface area contributed by atoms with Crippen LogP contribution in [0.2, 0.25) is 5.02 Å². The van der Waals surface area contributed by atoms with E-state index in [2.05, 4.69) is 0 Å². The van der Waals surface area contributed by atoms with Gasteiger partial charge in [-0.3, -0.25) is 14.2 Å². The summed E-state index contributed by atoms with van der Waals surface area (Å²) in [5.41, 5.74) is 3.54. The molecule has 8 heteroatoms. The van der Waals surface area contributed by atoms with Gasteiger partial charge in [0.25, 0.3) is 11.5 Å². The molecule has 3 aromatic carbocycles. The molecule has 0 radical (unpaired) electrons. The summed E-state index contributed by atoms with van der Waals surface area (Å²) in [6.45, 7) is 7.26. The molecule has 0 N–H and O–H groups in total. The second-order valence-electron chi connectivity index (χ2n) is 9.42. The molecule has 0 unspecified atom stereocenters. The van der Waals surface area contributed by atoms with Crippen LogP contribution in [0.5, 0.6) is 5.75 Å². The van der Waals surface area contributed by atoms with Crippen LogP contribution in [-0.4, -0.2) is 28.5 Å². The first kappa shape index (κ1) is 27.6. The van der Waals surface area contributed by atoms with Crippen molar-refractivity contribution in [2.75, 3.05) is 13.1 Å². The smallest absolute Gasteiger partial charge is 0.271 e. The van der Waals surface area contributed by atoms with Crippen molar-refractivity contribution in [3.63, 3.8) is 0 Å². The molecule has 6 nitrogen and oxygen atoms in total. The van der Waals surface area contributed by atoms with Crippen LogP contribution in [0.15, 0.2) is 99.9 Å². The summed E-state index contributed by atoms with van der Waals surface area (Å²) < 4.78 is 8.27. The Kier molecular flexibility index (Phi) is 8.33. The van der Waals surface area contributed by atoms with Crippen LogP contribution in [0.4, 0.5) is 0 Å². The standard InChI is InChI=1S/C32H30ClN3O3S/c1-4-35(5-2)31(38)28-21(3)34-32-36(29(28)23-15-17-25(33)18-16-23)30(37)27(40-32)19-24-13-9-10-14-26(24)39-20-22-11-7-6-8-12-22/h6-19,29H,4-5,20H2,1-3H3/b27-19+/t29-/m1/s1. The Hall–Kier alpha value is -3.94. The molecule has 1 aliphatic heterocycles. The van der Waals surface area contributed by atoms with Gasteiger partial charge in [0.05, 0.1) is 21.8 Å². The van der Waals surface area contributed by atoms with Crippen molar-refractivity contribution < 1.29 is 9.53 Å². The number of likely N-dealkylation sites (N-methyl/N-ethyl adjacent to an activating group) is 1. The second kappa shape index (κ2) is 12.1. The molecule has 0 bridgehead atoms. The molecule has 1 atom stereocenters. The maximum Gasteiger partial charge on any atom is 0.271 e. The first-order chi connectivity index (χ1) is 19.4. The van der Waals surface area contributed by atoms with Gasteiger partial charge in [0.15, 0.2) is 4.80 Å². The van der Waals surface area contributed by atoms with E-state index in [4.69, 9.17) is 21.3 Å². The highest BCUT2D eigenvalue weighted by Crippen LogP contribution is 2.32. The number of aromatic nitrogens is 1. The maximum atomic E-state index is 14.0. The lowest BCUT2D eigenvalue weighted by atomic mass is 9.94. The molecule has 1 amide bonds. The van der Waals surface area contributed by atoms with Crippen LogP contribution in [0.3, 0.4) is 0 Å².